The van der Waals surface area contributed by atoms with E-state index in [0.29, 0.717) is 0 Å². The van der Waals surface area contributed by atoms with Crippen LogP contribution in [-0.4, -0.2) is 74.1 Å². The molecule has 0 heterocycles. The summed E-state index contributed by atoms with van der Waals surface area (Å²) in [6.45, 7) is 0. The highest BCUT2D eigenvalue weighted by atomic mass is 32.3. The van der Waals surface area contributed by atoms with Crippen LogP contribution in [0.4, 0.5) is 96.1 Å². The lowest BCUT2D eigenvalue weighted by Gasteiger charge is -2.42. The second-order valence-corrected chi connectivity index (χ2v) is 7.75. The molecule has 240 valence electrons. The predicted molar refractivity (Wildman–Crippen MR) is 68.9 cm³/mol. The smallest absolute Gasteiger partial charge is 0.263 e. The van der Waals surface area contributed by atoms with Crippen molar-refractivity contribution in [3.8, 4) is 0 Å². The molecule has 0 bridgehead atoms. The highest BCUT2D eigenvalue weighted by Crippen LogP contribution is 2.58. The Balaban J connectivity index is 7.29. The Kier molecular flexibility index (Phi) is 9.27. The third-order valence-corrected chi connectivity index (χ3v) is 4.40. The van der Waals surface area contributed by atoms with Crippen LogP contribution < -0.4 is 0 Å². The topological polar surface area (TPSA) is 78.9 Å². The lowest BCUT2D eigenvalue weighted by Crippen LogP contribution is -2.70. The monoisotopic (exact) mass is 678 g/mol. The summed E-state index contributed by atoms with van der Waals surface area (Å²) >= 11 is 0. The molecular formula is C11F22O6S. The summed E-state index contributed by atoms with van der Waals surface area (Å²) in [7, 11) is -8.39. The van der Waals surface area contributed by atoms with E-state index < -0.39 is 75.9 Å². The van der Waals surface area contributed by atoms with Gasteiger partial charge in [0.05, 0.1) is 0 Å². The molecule has 0 amide bonds. The molecule has 6 nitrogen and oxygen atoms in total. The van der Waals surface area contributed by atoms with Gasteiger partial charge in [-0.3, -0.25) is 19.0 Å². The van der Waals surface area contributed by atoms with Crippen LogP contribution in [0, 0.1) is 0 Å². The normalized spacial score (nSPS) is 19.9. The molecule has 0 aliphatic heterocycles. The summed E-state index contributed by atoms with van der Waals surface area (Å²) in [5.41, 5.74) is 0. The molecule has 0 saturated heterocycles. The molecule has 0 unspecified atom stereocenters. The maximum Gasteiger partial charge on any atom is 0.464 e. The Bertz CT molecular complexity index is 1060. The molecule has 40 heavy (non-hydrogen) atoms. The number of carbonyl (C=O) groups excluding carboxylic acids is 1. The first-order chi connectivity index (χ1) is 16.8. The number of hydrogen-bond acceptors (Lipinski definition) is 6. The van der Waals surface area contributed by atoms with Crippen molar-refractivity contribution in [2.75, 3.05) is 0 Å². The van der Waals surface area contributed by atoms with Gasteiger partial charge in [-0.2, -0.15) is 101 Å². The van der Waals surface area contributed by atoms with Crippen LogP contribution in [0.1, 0.15) is 0 Å². The molecule has 0 spiro atoms. The summed E-state index contributed by atoms with van der Waals surface area (Å²) in [6, 6.07) is -5.01. The summed E-state index contributed by atoms with van der Waals surface area (Å²) in [6.07, 6.45) is -49.9. The van der Waals surface area contributed by atoms with Gasteiger partial charge in [-0.1, -0.05) is 3.89 Å². The molecule has 0 radical (unpaired) electrons. The zero-order valence-electron chi connectivity index (χ0n) is 16.7. The van der Waals surface area contributed by atoms with Crippen LogP contribution >= 0.6 is 0 Å². The van der Waals surface area contributed by atoms with Crippen molar-refractivity contribution < 1.29 is 124 Å². The van der Waals surface area contributed by atoms with Crippen molar-refractivity contribution in [1.29, 1.82) is 0 Å². The highest BCUT2D eigenvalue weighted by Gasteiger charge is 2.88. The Morgan fingerprint density at radius 2 is 0.750 bits per heavy atom. The minimum Gasteiger partial charge on any atom is -0.263 e. The van der Waals surface area contributed by atoms with Gasteiger partial charge < -0.3 is 0 Å². The van der Waals surface area contributed by atoms with Crippen LogP contribution in [0.2, 0.25) is 0 Å². The third kappa shape index (κ3) is 6.09. The third-order valence-electron chi connectivity index (χ3n) is 3.55. The van der Waals surface area contributed by atoms with Gasteiger partial charge in [0.2, 0.25) is 0 Å². The van der Waals surface area contributed by atoms with Gasteiger partial charge in [-0.05, 0) is 0 Å². The van der Waals surface area contributed by atoms with E-state index in [9.17, 15) is 109 Å². The SMILES string of the molecule is O=C(F)[C@](F)(OC(F)(F)[C@](F)(OC(F)(F)[C@@](F)(OC(F)(F)C(F)(F)S(=O)(=O)F)C(F)(F)F)C(F)(F)F)C(F)(F)F. The zero-order chi connectivity index (χ0) is 33.2. The maximum atomic E-state index is 14.0. The molecule has 0 saturated carbocycles. The second kappa shape index (κ2) is 9.76. The summed E-state index contributed by atoms with van der Waals surface area (Å²) in [5, 5.41) is -7.93. The van der Waals surface area contributed by atoms with Crippen LogP contribution in [-0.2, 0) is 29.2 Å². The lowest BCUT2D eigenvalue weighted by atomic mass is 10.2. The number of carbonyl (C=O) groups is 1. The molecule has 0 aromatic rings. The van der Waals surface area contributed by atoms with Gasteiger partial charge >= 0.3 is 75.9 Å². The quantitative estimate of drug-likeness (QED) is 0.201. The average molecular weight is 678 g/mol. The minimum atomic E-state index is -8.75. The van der Waals surface area contributed by atoms with Crippen molar-refractivity contribution in [2.24, 2.45) is 0 Å². The Labute approximate surface area is 200 Å². The summed E-state index contributed by atoms with van der Waals surface area (Å²) in [4.78, 5) is 10.00. The van der Waals surface area contributed by atoms with Crippen LogP contribution in [0.15, 0.2) is 0 Å². The van der Waals surface area contributed by atoms with E-state index in [1.807, 2.05) is 0 Å². The van der Waals surface area contributed by atoms with Crippen molar-refractivity contribution in [2.45, 2.75) is 59.7 Å². The van der Waals surface area contributed by atoms with Gasteiger partial charge in [0, 0.05) is 0 Å². The fourth-order valence-corrected chi connectivity index (χ4v) is 1.96. The maximum absolute atomic E-state index is 14.0. The van der Waals surface area contributed by atoms with Gasteiger partial charge in [0.25, 0.3) is 0 Å². The molecule has 29 heteroatoms. The zero-order valence-corrected chi connectivity index (χ0v) is 17.5. The minimum absolute atomic E-state index is 1.02. The van der Waals surface area contributed by atoms with E-state index in [1.54, 1.807) is 0 Å². The molecule has 0 rings (SSSR count). The van der Waals surface area contributed by atoms with E-state index in [4.69, 9.17) is 0 Å². The van der Waals surface area contributed by atoms with Gasteiger partial charge in [0.1, 0.15) is 0 Å². The van der Waals surface area contributed by atoms with Crippen molar-refractivity contribution in [3.63, 3.8) is 0 Å². The van der Waals surface area contributed by atoms with E-state index in [1.165, 1.54) is 4.74 Å². The fraction of sp³-hybridized carbons (Fsp3) is 0.909. The van der Waals surface area contributed by atoms with E-state index >= 15 is 0 Å². The van der Waals surface area contributed by atoms with Crippen LogP contribution in [0.3, 0.4) is 0 Å². The fourth-order valence-electron chi connectivity index (χ4n) is 1.64. The van der Waals surface area contributed by atoms with Gasteiger partial charge in [-0.25, -0.2) is 0 Å². The molecule has 3 atom stereocenters. The largest absolute Gasteiger partial charge is 0.464 e. The number of rotatable bonds is 11. The van der Waals surface area contributed by atoms with Crippen molar-refractivity contribution in [3.05, 3.63) is 0 Å². The first-order valence-corrected chi connectivity index (χ1v) is 9.22. The van der Waals surface area contributed by atoms with Gasteiger partial charge in [0.15, 0.2) is 0 Å². The average Bonchev–Trinajstić information content (AvgIpc) is 2.62. The number of ether oxygens (including phenoxy) is 3. The lowest BCUT2D eigenvalue weighted by molar-refractivity contribution is -0.571. The van der Waals surface area contributed by atoms with E-state index in [0.717, 1.165) is 9.47 Å². The van der Waals surface area contributed by atoms with Crippen molar-refractivity contribution in [1.82, 2.24) is 0 Å². The predicted octanol–water partition coefficient (Wildman–Crippen LogP) is 5.89. The molecule has 0 N–H and O–H groups in total. The van der Waals surface area contributed by atoms with Crippen LogP contribution in [0.25, 0.3) is 0 Å². The summed E-state index contributed by atoms with van der Waals surface area (Å²) in [5.74, 6) is -24.9. The number of hydrogen-bond donors (Lipinski definition) is 0. The molecule has 0 fully saturated rings. The standard InChI is InChI=1S/C11F22O6S/c12-1(34)2(13,5(16,17)18)37-8(25,26)3(14,6(19,20)21)38-9(27,28)4(15,7(22,23)24)39-10(29,30)11(31,32)40(33,35)36/t2-,3+,4-/m0/s1. The first-order valence-electron chi connectivity index (χ1n) is 7.84. The summed E-state index contributed by atoms with van der Waals surface area (Å²) < 4.78 is 309. The van der Waals surface area contributed by atoms with E-state index in [2.05, 4.69) is 0 Å². The highest BCUT2D eigenvalue weighted by molar-refractivity contribution is 7.87. The first kappa shape index (κ1) is 38.0. The van der Waals surface area contributed by atoms with Crippen molar-refractivity contribution >= 4 is 16.3 Å². The molecule has 0 aromatic heterocycles. The van der Waals surface area contributed by atoms with Crippen LogP contribution in [0.5, 0.6) is 0 Å². The molecule has 0 aliphatic rings. The number of alkyl halides is 20. The molecule has 0 aliphatic carbocycles. The van der Waals surface area contributed by atoms with E-state index in [-0.39, 0.29) is 0 Å². The Morgan fingerprint density at radius 3 is 0.975 bits per heavy atom. The number of halogens is 22. The second-order valence-electron chi connectivity index (χ2n) is 6.36. The Hall–Kier alpha value is -2.04. The van der Waals surface area contributed by atoms with Gasteiger partial charge in [-0.15, -0.1) is 0 Å². The molecule has 0 aromatic carbocycles. The Morgan fingerprint density at radius 1 is 0.475 bits per heavy atom. The molecular weight excluding hydrogens is 678 g/mol.